The second-order valence-electron chi connectivity index (χ2n) is 10.3. The first-order chi connectivity index (χ1) is 16.0. The van der Waals surface area contributed by atoms with Gasteiger partial charge in [0, 0.05) is 18.6 Å². The normalized spacial score (nSPS) is 28.8. The van der Waals surface area contributed by atoms with Gasteiger partial charge in [-0.25, -0.2) is 4.79 Å². The third-order valence-electron chi connectivity index (χ3n) is 8.19. The van der Waals surface area contributed by atoms with Gasteiger partial charge in [-0.05, 0) is 79.7 Å². The fourth-order valence-electron chi connectivity index (χ4n) is 6.61. The molecule has 3 aliphatic carbocycles. The predicted octanol–water partition coefficient (Wildman–Crippen LogP) is 6.12. The van der Waals surface area contributed by atoms with Crippen molar-refractivity contribution in [3.05, 3.63) is 23.3 Å². The van der Waals surface area contributed by atoms with E-state index in [1.807, 2.05) is 6.07 Å². The molecule has 1 aromatic carbocycles. The highest BCUT2D eigenvalue weighted by Crippen LogP contribution is 2.62. The van der Waals surface area contributed by atoms with Crippen LogP contribution in [0.15, 0.2) is 12.1 Å². The van der Waals surface area contributed by atoms with Crippen LogP contribution >= 0.6 is 0 Å². The number of fused-ring (bicyclic) bond motifs is 5. The maximum absolute atomic E-state index is 12.5. The van der Waals surface area contributed by atoms with Crippen molar-refractivity contribution in [1.82, 2.24) is 0 Å². The van der Waals surface area contributed by atoms with E-state index in [4.69, 9.17) is 9.47 Å². The molecule has 8 heteroatoms. The molecule has 0 heterocycles. The van der Waals surface area contributed by atoms with Crippen molar-refractivity contribution >= 4 is 11.9 Å². The van der Waals surface area contributed by atoms with Crippen LogP contribution in [-0.4, -0.2) is 30.8 Å². The molecule has 0 saturated heterocycles. The quantitative estimate of drug-likeness (QED) is 0.361. The Labute approximate surface area is 198 Å². The van der Waals surface area contributed by atoms with Crippen LogP contribution in [0.4, 0.5) is 13.2 Å². The number of halogens is 3. The monoisotopic (exact) mass is 482 g/mol. The van der Waals surface area contributed by atoms with Gasteiger partial charge >= 0.3 is 18.1 Å². The van der Waals surface area contributed by atoms with Crippen LogP contribution in [0.25, 0.3) is 0 Å². The van der Waals surface area contributed by atoms with E-state index in [0.717, 1.165) is 30.4 Å². The molecule has 3 aliphatic rings. The van der Waals surface area contributed by atoms with E-state index in [0.29, 0.717) is 34.7 Å². The minimum Gasteiger partial charge on any atom is -0.490 e. The van der Waals surface area contributed by atoms with Crippen LogP contribution in [0.1, 0.15) is 82.8 Å². The van der Waals surface area contributed by atoms with E-state index in [1.165, 1.54) is 32.6 Å². The molecule has 4 rings (SSSR count). The first-order valence-corrected chi connectivity index (χ1v) is 12.3. The minimum absolute atomic E-state index is 0.174. The zero-order valence-electron chi connectivity index (χ0n) is 20.0. The van der Waals surface area contributed by atoms with Gasteiger partial charge in [-0.3, -0.25) is 4.79 Å². The number of alkyl halides is 3. The van der Waals surface area contributed by atoms with Crippen molar-refractivity contribution in [2.45, 2.75) is 90.3 Å². The molecule has 2 fully saturated rings. The lowest BCUT2D eigenvalue weighted by Crippen LogP contribution is -2.39. The van der Waals surface area contributed by atoms with Gasteiger partial charge in [0.05, 0.1) is 0 Å². The van der Waals surface area contributed by atoms with Crippen molar-refractivity contribution in [2.75, 3.05) is 6.61 Å². The lowest BCUT2D eigenvalue weighted by molar-refractivity contribution is -0.206. The van der Waals surface area contributed by atoms with E-state index in [-0.39, 0.29) is 13.0 Å². The van der Waals surface area contributed by atoms with Crippen LogP contribution < -0.4 is 9.47 Å². The van der Waals surface area contributed by atoms with Gasteiger partial charge in [0.15, 0.2) is 0 Å². The van der Waals surface area contributed by atoms with Crippen LogP contribution in [0.2, 0.25) is 0 Å². The topological polar surface area (TPSA) is 61.8 Å². The molecule has 188 valence electrons. The molecule has 2 saturated carbocycles. The van der Waals surface area contributed by atoms with Crippen molar-refractivity contribution in [1.29, 1.82) is 0 Å². The molecule has 0 N–H and O–H groups in total. The SMILES string of the molecule is CCC(COc1cc2c(c(OC(C)=O)c1)[C@H]1CC[C@]3(C)CCC[C@H]3[C@@H]1CC2)OC(=O)C(F)(F)F. The maximum atomic E-state index is 12.5. The number of benzene rings is 1. The van der Waals surface area contributed by atoms with Crippen molar-refractivity contribution in [3.63, 3.8) is 0 Å². The van der Waals surface area contributed by atoms with Crippen LogP contribution in [0, 0.1) is 17.3 Å². The Hall–Kier alpha value is -2.25. The highest BCUT2D eigenvalue weighted by Gasteiger charge is 2.51. The van der Waals surface area contributed by atoms with Gasteiger partial charge in [0.2, 0.25) is 0 Å². The highest BCUT2D eigenvalue weighted by molar-refractivity contribution is 5.75. The molecule has 5 atom stereocenters. The molecule has 1 aromatic rings. The van der Waals surface area contributed by atoms with Crippen molar-refractivity contribution in [3.8, 4) is 11.5 Å². The number of carbonyl (C=O) groups is 2. The third kappa shape index (κ3) is 4.91. The molecule has 0 spiro atoms. The number of esters is 2. The molecule has 5 nitrogen and oxygen atoms in total. The summed E-state index contributed by atoms with van der Waals surface area (Å²) >= 11 is 0. The summed E-state index contributed by atoms with van der Waals surface area (Å²) in [6.45, 7) is 5.19. The van der Waals surface area contributed by atoms with E-state index in [2.05, 4.69) is 11.7 Å². The van der Waals surface area contributed by atoms with E-state index < -0.39 is 24.2 Å². The highest BCUT2D eigenvalue weighted by atomic mass is 19.4. The molecule has 0 bridgehead atoms. The Bertz CT molecular complexity index is 943. The Morgan fingerprint density at radius 2 is 1.94 bits per heavy atom. The van der Waals surface area contributed by atoms with Gasteiger partial charge in [-0.2, -0.15) is 13.2 Å². The summed E-state index contributed by atoms with van der Waals surface area (Å²) in [7, 11) is 0. The van der Waals surface area contributed by atoms with Crippen LogP contribution in [-0.2, 0) is 20.7 Å². The summed E-state index contributed by atoms with van der Waals surface area (Å²) in [5.74, 6) is -0.174. The van der Waals surface area contributed by atoms with E-state index in [9.17, 15) is 22.8 Å². The summed E-state index contributed by atoms with van der Waals surface area (Å²) in [6, 6.07) is 3.56. The predicted molar refractivity (Wildman–Crippen MR) is 119 cm³/mol. The Morgan fingerprint density at radius 1 is 1.18 bits per heavy atom. The lowest BCUT2D eigenvalue weighted by atomic mass is 9.56. The summed E-state index contributed by atoms with van der Waals surface area (Å²) in [4.78, 5) is 23.1. The van der Waals surface area contributed by atoms with E-state index >= 15 is 0 Å². The van der Waals surface area contributed by atoms with Crippen molar-refractivity contribution in [2.24, 2.45) is 17.3 Å². The Balaban J connectivity index is 1.56. The molecule has 0 amide bonds. The number of hydrogen-bond donors (Lipinski definition) is 0. The average Bonchev–Trinajstić information content (AvgIpc) is 3.16. The number of hydrogen-bond acceptors (Lipinski definition) is 5. The molecule has 1 unspecified atom stereocenters. The molecule has 0 aliphatic heterocycles. The Kier molecular flexibility index (Phi) is 6.89. The smallest absolute Gasteiger partial charge is 0.490 e. The van der Waals surface area contributed by atoms with Gasteiger partial charge in [0.25, 0.3) is 0 Å². The van der Waals surface area contributed by atoms with Gasteiger partial charge in [-0.15, -0.1) is 0 Å². The average molecular weight is 483 g/mol. The van der Waals surface area contributed by atoms with Gasteiger partial charge in [0.1, 0.15) is 24.2 Å². The first-order valence-electron chi connectivity index (χ1n) is 12.3. The third-order valence-corrected chi connectivity index (χ3v) is 8.19. The van der Waals surface area contributed by atoms with Crippen LogP contribution in [0.3, 0.4) is 0 Å². The number of ether oxygens (including phenoxy) is 3. The standard InChI is InChI=1S/C26H33F3O5/c1-4-17(34-24(31)26(27,28)29)14-32-18-12-16-7-8-19-20(23(16)22(13-18)33-15(2)30)9-11-25(3)10-5-6-21(19)25/h12-13,17,19-21H,4-11,14H2,1-3H3/t17?,19-,20+,21+,25+/m1/s1. The molecular formula is C26H33F3O5. The number of rotatable bonds is 6. The second kappa shape index (κ2) is 9.42. The van der Waals surface area contributed by atoms with Gasteiger partial charge in [-0.1, -0.05) is 20.3 Å². The molecule has 0 aromatic heterocycles. The first kappa shape index (κ1) is 24.9. The zero-order chi connectivity index (χ0) is 24.7. The minimum atomic E-state index is -5.05. The number of aryl methyl sites for hydroxylation is 1. The van der Waals surface area contributed by atoms with Crippen LogP contribution in [0.5, 0.6) is 11.5 Å². The van der Waals surface area contributed by atoms with E-state index in [1.54, 1.807) is 13.0 Å². The molecule has 34 heavy (non-hydrogen) atoms. The second-order valence-corrected chi connectivity index (χ2v) is 10.3. The Morgan fingerprint density at radius 3 is 2.62 bits per heavy atom. The summed E-state index contributed by atoms with van der Waals surface area (Å²) < 4.78 is 53.6. The summed E-state index contributed by atoms with van der Waals surface area (Å²) in [5.41, 5.74) is 2.56. The molecular weight excluding hydrogens is 449 g/mol. The molecule has 0 radical (unpaired) electrons. The fourth-order valence-corrected chi connectivity index (χ4v) is 6.61. The van der Waals surface area contributed by atoms with Crippen molar-refractivity contribution < 1.29 is 37.0 Å². The number of carbonyl (C=O) groups excluding carboxylic acids is 2. The summed E-state index contributed by atoms with van der Waals surface area (Å²) in [6.07, 6.45) is 2.05. The lowest BCUT2D eigenvalue weighted by Gasteiger charge is -2.49. The van der Waals surface area contributed by atoms with Gasteiger partial charge < -0.3 is 14.2 Å². The maximum Gasteiger partial charge on any atom is 0.490 e. The summed E-state index contributed by atoms with van der Waals surface area (Å²) in [5, 5.41) is 0. The largest absolute Gasteiger partial charge is 0.490 e. The zero-order valence-corrected chi connectivity index (χ0v) is 20.0. The fraction of sp³-hybridized carbons (Fsp3) is 0.692.